The number of ketones is 1. The molecule has 0 saturated heterocycles. The van der Waals surface area contributed by atoms with E-state index in [1.165, 1.54) is 0 Å². The van der Waals surface area contributed by atoms with Gasteiger partial charge in [-0.2, -0.15) is 0 Å². The van der Waals surface area contributed by atoms with Crippen molar-refractivity contribution in [2.24, 2.45) is 0 Å². The standard InChI is InChI=1S/C13H11ClN2O/c14-11-3-1-10(2-4-11)13(17)9-16-7-5-12(15)6-8-16/h1-8,15H,9H2. The summed E-state index contributed by atoms with van der Waals surface area (Å²) in [4.78, 5) is 11.9. The highest BCUT2D eigenvalue weighted by Gasteiger charge is 2.05. The Morgan fingerprint density at radius 3 is 2.29 bits per heavy atom. The third-order valence-corrected chi connectivity index (χ3v) is 2.64. The number of halogens is 1. The van der Waals surface area contributed by atoms with E-state index in [1.807, 2.05) is 0 Å². The van der Waals surface area contributed by atoms with Gasteiger partial charge in [0.25, 0.3) is 0 Å². The average molecular weight is 247 g/mol. The first-order valence-electron chi connectivity index (χ1n) is 5.14. The predicted molar refractivity (Wildman–Crippen MR) is 66.1 cm³/mol. The minimum Gasteiger partial charge on any atom is -0.346 e. The minimum absolute atomic E-state index is 0.0180. The molecule has 0 saturated carbocycles. The number of benzene rings is 1. The summed E-state index contributed by atoms with van der Waals surface area (Å²) in [5.74, 6) is 0.0180. The predicted octanol–water partition coefficient (Wildman–Crippen LogP) is 2.50. The van der Waals surface area contributed by atoms with Crippen LogP contribution in [0.3, 0.4) is 0 Å². The summed E-state index contributed by atoms with van der Waals surface area (Å²) in [6, 6.07) is 10.1. The molecule has 0 aliphatic heterocycles. The zero-order valence-electron chi connectivity index (χ0n) is 9.06. The summed E-state index contributed by atoms with van der Waals surface area (Å²) in [5, 5.41) is 8.40. The Bertz CT molecular complexity index is 567. The van der Waals surface area contributed by atoms with Gasteiger partial charge in [0, 0.05) is 23.0 Å². The van der Waals surface area contributed by atoms with Gasteiger partial charge >= 0.3 is 0 Å². The van der Waals surface area contributed by atoms with Crippen LogP contribution in [0.1, 0.15) is 10.4 Å². The Balaban J connectivity index is 2.14. The number of nitrogens with zero attached hydrogens (tertiary/aromatic N) is 1. The van der Waals surface area contributed by atoms with Crippen molar-refractivity contribution in [2.45, 2.75) is 6.54 Å². The molecule has 0 fully saturated rings. The summed E-state index contributed by atoms with van der Waals surface area (Å²) in [7, 11) is 0. The van der Waals surface area contributed by atoms with Gasteiger partial charge in [0.2, 0.25) is 0 Å². The summed E-state index contributed by atoms with van der Waals surface area (Å²) < 4.78 is 1.75. The molecule has 0 aliphatic carbocycles. The van der Waals surface area contributed by atoms with E-state index in [9.17, 15) is 4.79 Å². The van der Waals surface area contributed by atoms with Crippen LogP contribution in [-0.4, -0.2) is 10.4 Å². The van der Waals surface area contributed by atoms with Gasteiger partial charge in [0.1, 0.15) is 0 Å². The molecular formula is C13H11ClN2O. The Morgan fingerprint density at radius 2 is 1.71 bits per heavy atom. The second-order valence-electron chi connectivity index (χ2n) is 3.69. The third kappa shape index (κ3) is 3.04. The molecule has 3 nitrogen and oxygen atoms in total. The van der Waals surface area contributed by atoms with E-state index < -0.39 is 0 Å². The molecule has 0 amide bonds. The number of rotatable bonds is 3. The van der Waals surface area contributed by atoms with E-state index >= 15 is 0 Å². The summed E-state index contributed by atoms with van der Waals surface area (Å²) >= 11 is 5.76. The molecule has 0 bridgehead atoms. The van der Waals surface area contributed by atoms with Crippen LogP contribution in [0.25, 0.3) is 0 Å². The maximum absolute atomic E-state index is 11.9. The first-order chi connectivity index (χ1) is 8.15. The summed E-state index contributed by atoms with van der Waals surface area (Å²) in [5.41, 5.74) is 0.636. The molecule has 1 aromatic carbocycles. The summed E-state index contributed by atoms with van der Waals surface area (Å²) in [6.07, 6.45) is 3.44. The molecule has 0 atom stereocenters. The van der Waals surface area contributed by atoms with Crippen molar-refractivity contribution in [1.82, 2.24) is 4.57 Å². The first-order valence-corrected chi connectivity index (χ1v) is 5.52. The average Bonchev–Trinajstić information content (AvgIpc) is 2.33. The van der Waals surface area contributed by atoms with Gasteiger partial charge in [-0.1, -0.05) is 11.6 Å². The van der Waals surface area contributed by atoms with Crippen LogP contribution in [0, 0.1) is 5.41 Å². The number of pyridine rings is 1. The fraction of sp³-hybridized carbons (Fsp3) is 0.0769. The summed E-state index contributed by atoms with van der Waals surface area (Å²) in [6.45, 7) is 0.266. The van der Waals surface area contributed by atoms with Crippen molar-refractivity contribution in [3.63, 3.8) is 0 Å². The lowest BCUT2D eigenvalue weighted by atomic mass is 10.1. The molecule has 0 unspecified atom stereocenters. The molecular weight excluding hydrogens is 236 g/mol. The van der Waals surface area contributed by atoms with Crippen molar-refractivity contribution in [2.75, 3.05) is 0 Å². The topological polar surface area (TPSA) is 45.9 Å². The smallest absolute Gasteiger partial charge is 0.182 e. The van der Waals surface area contributed by atoms with Gasteiger partial charge in [0.05, 0.1) is 11.9 Å². The Labute approximate surface area is 104 Å². The molecule has 4 heteroatoms. The molecule has 1 heterocycles. The maximum Gasteiger partial charge on any atom is 0.182 e. The monoisotopic (exact) mass is 246 g/mol. The van der Waals surface area contributed by atoms with E-state index in [4.69, 9.17) is 17.0 Å². The normalized spacial score (nSPS) is 10.2. The van der Waals surface area contributed by atoms with Crippen LogP contribution >= 0.6 is 11.6 Å². The van der Waals surface area contributed by atoms with E-state index in [0.717, 1.165) is 0 Å². The lowest BCUT2D eigenvalue weighted by Crippen LogP contribution is -2.12. The first kappa shape index (κ1) is 11.6. The minimum atomic E-state index is 0.0180. The van der Waals surface area contributed by atoms with Crippen LogP contribution in [-0.2, 0) is 6.54 Å². The molecule has 17 heavy (non-hydrogen) atoms. The number of aromatic nitrogens is 1. The van der Waals surface area contributed by atoms with Gasteiger partial charge in [-0.25, -0.2) is 0 Å². The lowest BCUT2D eigenvalue weighted by molar-refractivity contribution is 0.0972. The van der Waals surface area contributed by atoms with Gasteiger partial charge in [0.15, 0.2) is 5.78 Å². The van der Waals surface area contributed by atoms with Crippen molar-refractivity contribution in [3.05, 3.63) is 64.7 Å². The Morgan fingerprint density at radius 1 is 1.12 bits per heavy atom. The fourth-order valence-corrected chi connectivity index (χ4v) is 1.58. The highest BCUT2D eigenvalue weighted by atomic mass is 35.5. The molecule has 1 N–H and O–H groups in total. The molecule has 1 aromatic heterocycles. The molecule has 0 spiro atoms. The highest BCUT2D eigenvalue weighted by Crippen LogP contribution is 2.10. The van der Waals surface area contributed by atoms with Gasteiger partial charge < -0.3 is 9.98 Å². The zero-order chi connectivity index (χ0) is 12.3. The van der Waals surface area contributed by atoms with Gasteiger partial charge in [-0.15, -0.1) is 0 Å². The van der Waals surface area contributed by atoms with Crippen LogP contribution in [0.2, 0.25) is 5.02 Å². The maximum atomic E-state index is 11.9. The van der Waals surface area contributed by atoms with E-state index in [1.54, 1.807) is 53.4 Å². The Kier molecular flexibility index (Phi) is 3.40. The molecule has 0 radical (unpaired) electrons. The lowest BCUT2D eigenvalue weighted by Gasteiger charge is -2.05. The fourth-order valence-electron chi connectivity index (χ4n) is 1.46. The van der Waals surface area contributed by atoms with Gasteiger partial charge in [-0.05, 0) is 36.4 Å². The highest BCUT2D eigenvalue weighted by molar-refractivity contribution is 6.30. The largest absolute Gasteiger partial charge is 0.346 e. The van der Waals surface area contributed by atoms with Crippen molar-refractivity contribution in [1.29, 1.82) is 5.41 Å². The Hall–Kier alpha value is -1.87. The SMILES string of the molecule is N=c1ccn(CC(=O)c2ccc(Cl)cc2)cc1. The molecule has 2 aromatic rings. The van der Waals surface area contributed by atoms with Crippen molar-refractivity contribution < 1.29 is 4.79 Å². The van der Waals surface area contributed by atoms with Crippen LogP contribution in [0.15, 0.2) is 48.8 Å². The molecule has 2 rings (SSSR count). The number of nitrogens with one attached hydrogen (secondary N) is 1. The van der Waals surface area contributed by atoms with Gasteiger partial charge in [-0.3, -0.25) is 4.79 Å². The molecule has 0 aliphatic rings. The van der Waals surface area contributed by atoms with Crippen molar-refractivity contribution >= 4 is 17.4 Å². The van der Waals surface area contributed by atoms with E-state index in [2.05, 4.69) is 0 Å². The van der Waals surface area contributed by atoms with Crippen LogP contribution in [0.4, 0.5) is 0 Å². The van der Waals surface area contributed by atoms with Crippen LogP contribution in [0.5, 0.6) is 0 Å². The number of hydrogen-bond donors (Lipinski definition) is 1. The number of carbonyl (C=O) groups is 1. The van der Waals surface area contributed by atoms with E-state index in [0.29, 0.717) is 15.9 Å². The number of hydrogen-bond acceptors (Lipinski definition) is 2. The number of carbonyl (C=O) groups excluding carboxylic acids is 1. The third-order valence-electron chi connectivity index (χ3n) is 2.38. The van der Waals surface area contributed by atoms with E-state index in [-0.39, 0.29) is 12.3 Å². The van der Waals surface area contributed by atoms with Crippen LogP contribution < -0.4 is 5.36 Å². The van der Waals surface area contributed by atoms with Crippen molar-refractivity contribution in [3.8, 4) is 0 Å². The number of Topliss-reactive ketones (excluding diaryl/α,β-unsaturated/α-hetero) is 1. The molecule has 86 valence electrons. The second-order valence-corrected chi connectivity index (χ2v) is 4.13. The zero-order valence-corrected chi connectivity index (χ0v) is 9.82. The quantitative estimate of drug-likeness (QED) is 0.831. The second kappa shape index (κ2) is 4.97.